The summed E-state index contributed by atoms with van der Waals surface area (Å²) in [6, 6.07) is 10.1. The highest BCUT2D eigenvalue weighted by molar-refractivity contribution is 6.12. The Labute approximate surface area is 141 Å². The van der Waals surface area contributed by atoms with Crippen LogP contribution in [0.3, 0.4) is 0 Å². The van der Waals surface area contributed by atoms with E-state index in [1.165, 1.54) is 12.8 Å². The molecule has 0 aliphatic heterocycles. The summed E-state index contributed by atoms with van der Waals surface area (Å²) in [6.45, 7) is 4.14. The lowest BCUT2D eigenvalue weighted by molar-refractivity contribution is 0.102. The van der Waals surface area contributed by atoms with Crippen molar-refractivity contribution in [2.45, 2.75) is 32.7 Å². The van der Waals surface area contributed by atoms with Gasteiger partial charge in [0.15, 0.2) is 0 Å². The third-order valence-electron chi connectivity index (χ3n) is 4.96. The molecule has 2 heterocycles. The number of hydrogen-bond acceptors (Lipinski definition) is 2. The summed E-state index contributed by atoms with van der Waals surface area (Å²) in [4.78, 5) is 12.8. The van der Waals surface area contributed by atoms with Crippen molar-refractivity contribution in [1.29, 1.82) is 0 Å². The number of fused-ring (bicyclic) bond motifs is 1. The highest BCUT2D eigenvalue weighted by atomic mass is 16.1. The number of anilines is 1. The molecule has 0 saturated heterocycles. The predicted octanol–water partition coefficient (Wildman–Crippen LogP) is 3.91. The second-order valence-electron chi connectivity index (χ2n) is 6.81. The van der Waals surface area contributed by atoms with Crippen LogP contribution in [-0.2, 0) is 7.05 Å². The molecule has 1 amide bonds. The third-order valence-corrected chi connectivity index (χ3v) is 4.96. The van der Waals surface area contributed by atoms with E-state index in [0.717, 1.165) is 22.4 Å². The van der Waals surface area contributed by atoms with Crippen LogP contribution in [0, 0.1) is 12.8 Å². The van der Waals surface area contributed by atoms with Gasteiger partial charge in [0.2, 0.25) is 0 Å². The van der Waals surface area contributed by atoms with Gasteiger partial charge < -0.3 is 9.88 Å². The highest BCUT2D eigenvalue weighted by Gasteiger charge is 2.31. The highest BCUT2D eigenvalue weighted by Crippen LogP contribution is 2.40. The van der Waals surface area contributed by atoms with Crippen molar-refractivity contribution in [3.8, 4) is 0 Å². The second-order valence-corrected chi connectivity index (χ2v) is 6.81. The molecule has 5 heteroatoms. The van der Waals surface area contributed by atoms with Crippen LogP contribution in [0.25, 0.3) is 10.9 Å². The summed E-state index contributed by atoms with van der Waals surface area (Å²) in [7, 11) is 1.99. The van der Waals surface area contributed by atoms with E-state index in [4.69, 9.17) is 0 Å². The van der Waals surface area contributed by atoms with Crippen molar-refractivity contribution in [3.63, 3.8) is 0 Å². The van der Waals surface area contributed by atoms with Crippen LogP contribution in [0.15, 0.2) is 36.5 Å². The first-order chi connectivity index (χ1) is 11.5. The number of benzene rings is 1. The number of hydrogen-bond donors (Lipinski definition) is 1. The zero-order valence-electron chi connectivity index (χ0n) is 14.3. The van der Waals surface area contributed by atoms with Gasteiger partial charge in [0.05, 0.1) is 11.7 Å². The van der Waals surface area contributed by atoms with E-state index in [1.54, 1.807) is 0 Å². The lowest BCUT2D eigenvalue weighted by Gasteiger charge is -2.15. The Morgan fingerprint density at radius 1 is 1.33 bits per heavy atom. The first-order valence-electron chi connectivity index (χ1n) is 8.46. The number of carbonyl (C=O) groups is 1. The minimum absolute atomic E-state index is 0.0871. The van der Waals surface area contributed by atoms with Crippen molar-refractivity contribution >= 4 is 22.6 Å². The molecule has 1 fully saturated rings. The molecule has 5 nitrogen and oxygen atoms in total. The van der Waals surface area contributed by atoms with Crippen LogP contribution in [0.4, 0.5) is 5.82 Å². The molecule has 124 valence electrons. The number of rotatable bonds is 4. The fraction of sp³-hybridized carbons (Fsp3) is 0.368. The molecule has 2 aromatic heterocycles. The zero-order chi connectivity index (χ0) is 16.8. The summed E-state index contributed by atoms with van der Waals surface area (Å²) >= 11 is 0. The molecular formula is C19H22N4O. The predicted molar refractivity (Wildman–Crippen MR) is 95.3 cm³/mol. The summed E-state index contributed by atoms with van der Waals surface area (Å²) in [5.74, 6) is 1.37. The number of nitrogens with zero attached hydrogens (tertiary/aromatic N) is 3. The topological polar surface area (TPSA) is 51.9 Å². The van der Waals surface area contributed by atoms with Gasteiger partial charge in [-0.3, -0.25) is 4.79 Å². The standard InChI is InChI=1S/C19H22N4O/c1-12-11-18(23(21-12)13(2)14-7-8-14)20-19(24)16-5-4-6-17-15(16)9-10-22(17)3/h4-6,9-11,13-14H,7-8H2,1-3H3,(H,20,24). The molecule has 1 saturated carbocycles. The molecule has 4 rings (SSSR count). The molecule has 1 aliphatic rings. The Kier molecular flexibility index (Phi) is 3.44. The largest absolute Gasteiger partial charge is 0.351 e. The zero-order valence-corrected chi connectivity index (χ0v) is 14.3. The number of nitrogens with one attached hydrogen (secondary N) is 1. The third kappa shape index (κ3) is 2.50. The van der Waals surface area contributed by atoms with Crippen molar-refractivity contribution in [1.82, 2.24) is 14.3 Å². The monoisotopic (exact) mass is 322 g/mol. The molecule has 1 N–H and O–H groups in total. The number of carbonyl (C=O) groups excluding carboxylic acids is 1. The molecule has 1 aliphatic carbocycles. The Morgan fingerprint density at radius 2 is 2.12 bits per heavy atom. The maximum Gasteiger partial charge on any atom is 0.257 e. The second kappa shape index (κ2) is 5.51. The van der Waals surface area contributed by atoms with Crippen LogP contribution in [0.2, 0.25) is 0 Å². The van der Waals surface area contributed by atoms with Crippen LogP contribution < -0.4 is 5.32 Å². The Balaban J connectivity index is 1.66. The van der Waals surface area contributed by atoms with Gasteiger partial charge in [-0.25, -0.2) is 4.68 Å². The van der Waals surface area contributed by atoms with Gasteiger partial charge in [-0.1, -0.05) is 6.07 Å². The smallest absolute Gasteiger partial charge is 0.257 e. The van der Waals surface area contributed by atoms with E-state index in [1.807, 2.05) is 59.7 Å². The molecule has 1 unspecified atom stereocenters. The maximum atomic E-state index is 12.8. The Bertz CT molecular complexity index is 917. The average Bonchev–Trinajstić information content (AvgIpc) is 3.26. The van der Waals surface area contributed by atoms with Gasteiger partial charge >= 0.3 is 0 Å². The summed E-state index contributed by atoms with van der Waals surface area (Å²) in [6.07, 6.45) is 4.47. The van der Waals surface area contributed by atoms with Gasteiger partial charge in [0.1, 0.15) is 5.82 Å². The van der Waals surface area contributed by atoms with Crippen LogP contribution in [0.5, 0.6) is 0 Å². The summed E-state index contributed by atoms with van der Waals surface area (Å²) in [5.41, 5.74) is 2.67. The molecule has 24 heavy (non-hydrogen) atoms. The lowest BCUT2D eigenvalue weighted by Crippen LogP contribution is -2.18. The van der Waals surface area contributed by atoms with E-state index >= 15 is 0 Å². The van der Waals surface area contributed by atoms with Gasteiger partial charge in [0.25, 0.3) is 5.91 Å². The minimum Gasteiger partial charge on any atom is -0.351 e. The van der Waals surface area contributed by atoms with Gasteiger partial charge in [-0.05, 0) is 50.8 Å². The minimum atomic E-state index is -0.0871. The van der Waals surface area contributed by atoms with E-state index in [-0.39, 0.29) is 5.91 Å². The Hall–Kier alpha value is -2.56. The molecule has 0 spiro atoms. The molecule has 0 radical (unpaired) electrons. The van der Waals surface area contributed by atoms with Gasteiger partial charge in [0, 0.05) is 35.8 Å². The molecule has 1 aromatic carbocycles. The lowest BCUT2D eigenvalue weighted by atomic mass is 10.1. The fourth-order valence-corrected chi connectivity index (χ4v) is 3.38. The van der Waals surface area contributed by atoms with E-state index in [9.17, 15) is 4.79 Å². The van der Waals surface area contributed by atoms with E-state index in [0.29, 0.717) is 17.5 Å². The summed E-state index contributed by atoms with van der Waals surface area (Å²) in [5, 5.41) is 8.62. The van der Waals surface area contributed by atoms with Crippen LogP contribution >= 0.6 is 0 Å². The average molecular weight is 322 g/mol. The molecule has 0 bridgehead atoms. The summed E-state index contributed by atoms with van der Waals surface area (Å²) < 4.78 is 3.99. The number of amides is 1. The maximum absolute atomic E-state index is 12.8. The van der Waals surface area contributed by atoms with Gasteiger partial charge in [-0.15, -0.1) is 0 Å². The first-order valence-corrected chi connectivity index (χ1v) is 8.46. The van der Waals surface area contributed by atoms with Crippen molar-refractivity contribution in [2.75, 3.05) is 5.32 Å². The first kappa shape index (κ1) is 15.0. The quantitative estimate of drug-likeness (QED) is 0.792. The van der Waals surface area contributed by atoms with Gasteiger partial charge in [-0.2, -0.15) is 5.10 Å². The number of aromatic nitrogens is 3. The van der Waals surface area contributed by atoms with Crippen LogP contribution in [0.1, 0.15) is 41.9 Å². The fourth-order valence-electron chi connectivity index (χ4n) is 3.38. The normalized spacial score (nSPS) is 15.6. The van der Waals surface area contributed by atoms with Crippen molar-refractivity contribution in [3.05, 3.63) is 47.8 Å². The van der Waals surface area contributed by atoms with Crippen molar-refractivity contribution in [2.24, 2.45) is 13.0 Å². The molecule has 1 atom stereocenters. The number of aryl methyl sites for hydroxylation is 2. The Morgan fingerprint density at radius 3 is 2.88 bits per heavy atom. The molecule has 3 aromatic rings. The van der Waals surface area contributed by atoms with E-state index in [2.05, 4.69) is 17.3 Å². The van der Waals surface area contributed by atoms with Crippen LogP contribution in [-0.4, -0.2) is 20.3 Å². The molecular weight excluding hydrogens is 300 g/mol. The van der Waals surface area contributed by atoms with Crippen molar-refractivity contribution < 1.29 is 4.79 Å². The van der Waals surface area contributed by atoms with E-state index < -0.39 is 0 Å². The SMILES string of the molecule is Cc1cc(NC(=O)c2cccc3c2ccn3C)n(C(C)C2CC2)n1.